The number of aliphatic hydroxyl groups excluding tert-OH is 1. The van der Waals surface area contributed by atoms with Crippen LogP contribution < -0.4 is 15.2 Å². The molecular weight excluding hydrogens is 194 g/mol. The summed E-state index contributed by atoms with van der Waals surface area (Å²) in [6.07, 6.45) is 0.768. The maximum Gasteiger partial charge on any atom is 0.231 e. The van der Waals surface area contributed by atoms with Gasteiger partial charge in [0.25, 0.3) is 0 Å². The number of rotatable bonds is 4. The summed E-state index contributed by atoms with van der Waals surface area (Å²) in [5, 5.41) is 9.04. The maximum absolute atomic E-state index is 9.04. The number of ether oxygens (including phenoxy) is 2. The molecule has 0 radical (unpaired) electrons. The molecule has 1 aliphatic rings. The van der Waals surface area contributed by atoms with Gasteiger partial charge in [0, 0.05) is 6.61 Å². The Balaban J connectivity index is 2.09. The molecule has 0 fully saturated rings. The van der Waals surface area contributed by atoms with E-state index in [0.717, 1.165) is 23.5 Å². The first-order chi connectivity index (χ1) is 7.33. The molecule has 0 aromatic heterocycles. The van der Waals surface area contributed by atoms with Crippen LogP contribution in [0.5, 0.6) is 11.5 Å². The van der Waals surface area contributed by atoms with Gasteiger partial charge in [-0.25, -0.2) is 0 Å². The summed E-state index contributed by atoms with van der Waals surface area (Å²) >= 11 is 0. The Bertz CT molecular complexity index is 337. The second kappa shape index (κ2) is 4.51. The highest BCUT2D eigenvalue weighted by molar-refractivity contribution is 5.44. The van der Waals surface area contributed by atoms with Crippen LogP contribution in [0.1, 0.15) is 5.56 Å². The SMILES string of the molecule is NCC(CO)Cc1ccc2c(c1)OCO2. The quantitative estimate of drug-likeness (QED) is 0.759. The molecule has 2 rings (SSSR count). The average molecular weight is 209 g/mol. The van der Waals surface area contributed by atoms with Crippen molar-refractivity contribution in [1.82, 2.24) is 0 Å². The van der Waals surface area contributed by atoms with Gasteiger partial charge in [0.05, 0.1) is 0 Å². The van der Waals surface area contributed by atoms with Crippen LogP contribution in [-0.4, -0.2) is 25.1 Å². The zero-order chi connectivity index (χ0) is 10.7. The highest BCUT2D eigenvalue weighted by atomic mass is 16.7. The van der Waals surface area contributed by atoms with Crippen LogP contribution in [0.3, 0.4) is 0 Å². The zero-order valence-electron chi connectivity index (χ0n) is 8.48. The van der Waals surface area contributed by atoms with E-state index in [1.54, 1.807) is 0 Å². The molecule has 3 N–H and O–H groups in total. The fourth-order valence-electron chi connectivity index (χ4n) is 1.62. The smallest absolute Gasteiger partial charge is 0.231 e. The van der Waals surface area contributed by atoms with Crippen molar-refractivity contribution < 1.29 is 14.6 Å². The van der Waals surface area contributed by atoms with Gasteiger partial charge in [-0.1, -0.05) is 6.07 Å². The molecule has 1 atom stereocenters. The zero-order valence-corrected chi connectivity index (χ0v) is 8.48. The minimum absolute atomic E-state index is 0.116. The molecule has 1 unspecified atom stereocenters. The molecule has 15 heavy (non-hydrogen) atoms. The lowest BCUT2D eigenvalue weighted by molar-refractivity contribution is 0.174. The summed E-state index contributed by atoms with van der Waals surface area (Å²) in [6.45, 7) is 0.898. The maximum atomic E-state index is 9.04. The molecule has 0 amide bonds. The summed E-state index contributed by atoms with van der Waals surface area (Å²) in [4.78, 5) is 0. The Kier molecular flexibility index (Phi) is 3.08. The third kappa shape index (κ3) is 2.22. The predicted molar refractivity (Wildman–Crippen MR) is 55.9 cm³/mol. The Morgan fingerprint density at radius 1 is 1.33 bits per heavy atom. The van der Waals surface area contributed by atoms with Crippen LogP contribution in [0.15, 0.2) is 18.2 Å². The van der Waals surface area contributed by atoms with Crippen molar-refractivity contribution in [3.05, 3.63) is 23.8 Å². The van der Waals surface area contributed by atoms with Crippen LogP contribution >= 0.6 is 0 Å². The Hall–Kier alpha value is -1.26. The Morgan fingerprint density at radius 2 is 2.13 bits per heavy atom. The van der Waals surface area contributed by atoms with Gasteiger partial charge in [0.1, 0.15) is 0 Å². The molecule has 1 aromatic rings. The fourth-order valence-corrected chi connectivity index (χ4v) is 1.62. The number of benzene rings is 1. The van der Waals surface area contributed by atoms with Gasteiger partial charge in [-0.15, -0.1) is 0 Å². The monoisotopic (exact) mass is 209 g/mol. The first-order valence-corrected chi connectivity index (χ1v) is 5.03. The summed E-state index contributed by atoms with van der Waals surface area (Å²) in [7, 11) is 0. The average Bonchev–Trinajstić information content (AvgIpc) is 2.73. The second-order valence-electron chi connectivity index (χ2n) is 3.68. The standard InChI is InChI=1S/C11H15NO3/c12-5-9(6-13)3-8-1-2-10-11(4-8)15-7-14-10/h1-2,4,9,13H,3,5-7,12H2. The second-order valence-corrected chi connectivity index (χ2v) is 3.68. The van der Waals surface area contributed by atoms with Gasteiger partial charge >= 0.3 is 0 Å². The van der Waals surface area contributed by atoms with Gasteiger partial charge in [-0.3, -0.25) is 0 Å². The molecule has 4 heteroatoms. The number of fused-ring (bicyclic) bond motifs is 1. The molecular formula is C11H15NO3. The number of hydrogen-bond donors (Lipinski definition) is 2. The largest absolute Gasteiger partial charge is 0.454 e. The molecule has 0 aliphatic carbocycles. The molecule has 0 saturated carbocycles. The Labute approximate surface area is 88.6 Å². The summed E-state index contributed by atoms with van der Waals surface area (Å²) in [6, 6.07) is 5.81. The fraction of sp³-hybridized carbons (Fsp3) is 0.455. The lowest BCUT2D eigenvalue weighted by atomic mass is 10.00. The van der Waals surface area contributed by atoms with Crippen LogP contribution in [-0.2, 0) is 6.42 Å². The van der Waals surface area contributed by atoms with Gasteiger partial charge in [0.15, 0.2) is 11.5 Å². The molecule has 0 spiro atoms. The molecule has 0 saturated heterocycles. The van der Waals surface area contributed by atoms with Gasteiger partial charge < -0.3 is 20.3 Å². The van der Waals surface area contributed by atoms with Crippen molar-refractivity contribution >= 4 is 0 Å². The van der Waals surface area contributed by atoms with Gasteiger partial charge in [0.2, 0.25) is 6.79 Å². The van der Waals surface area contributed by atoms with E-state index >= 15 is 0 Å². The van der Waals surface area contributed by atoms with E-state index < -0.39 is 0 Å². The van der Waals surface area contributed by atoms with Crippen LogP contribution in [0.25, 0.3) is 0 Å². The van der Waals surface area contributed by atoms with Crippen LogP contribution in [0.4, 0.5) is 0 Å². The van der Waals surface area contributed by atoms with Crippen molar-refractivity contribution in [1.29, 1.82) is 0 Å². The number of hydrogen-bond acceptors (Lipinski definition) is 4. The van der Waals surface area contributed by atoms with E-state index in [2.05, 4.69) is 0 Å². The van der Waals surface area contributed by atoms with E-state index in [4.69, 9.17) is 20.3 Å². The summed E-state index contributed by atoms with van der Waals surface area (Å²) < 4.78 is 10.5. The molecule has 82 valence electrons. The molecule has 1 heterocycles. The highest BCUT2D eigenvalue weighted by Crippen LogP contribution is 2.32. The number of aliphatic hydroxyl groups is 1. The third-order valence-corrected chi connectivity index (χ3v) is 2.55. The van der Waals surface area contributed by atoms with Crippen molar-refractivity contribution in [3.8, 4) is 11.5 Å². The lowest BCUT2D eigenvalue weighted by Gasteiger charge is -2.11. The third-order valence-electron chi connectivity index (χ3n) is 2.55. The lowest BCUT2D eigenvalue weighted by Crippen LogP contribution is -2.20. The van der Waals surface area contributed by atoms with E-state index in [1.807, 2.05) is 18.2 Å². The summed E-state index contributed by atoms with van der Waals surface area (Å²) in [5.41, 5.74) is 6.64. The van der Waals surface area contributed by atoms with Crippen molar-refractivity contribution in [2.45, 2.75) is 6.42 Å². The highest BCUT2D eigenvalue weighted by Gasteiger charge is 2.14. The minimum Gasteiger partial charge on any atom is -0.454 e. The van der Waals surface area contributed by atoms with Crippen LogP contribution in [0.2, 0.25) is 0 Å². The van der Waals surface area contributed by atoms with Crippen molar-refractivity contribution in [3.63, 3.8) is 0 Å². The first kappa shape index (κ1) is 10.3. The van der Waals surface area contributed by atoms with Crippen LogP contribution in [0, 0.1) is 5.92 Å². The van der Waals surface area contributed by atoms with E-state index in [0.29, 0.717) is 13.3 Å². The number of nitrogens with two attached hydrogens (primary N) is 1. The minimum atomic E-state index is 0.116. The predicted octanol–water partition coefficient (Wildman–Crippen LogP) is 0.525. The molecule has 1 aliphatic heterocycles. The topological polar surface area (TPSA) is 64.7 Å². The van der Waals surface area contributed by atoms with Gasteiger partial charge in [-0.2, -0.15) is 0 Å². The van der Waals surface area contributed by atoms with E-state index in [-0.39, 0.29) is 12.5 Å². The van der Waals surface area contributed by atoms with Crippen molar-refractivity contribution in [2.75, 3.05) is 19.9 Å². The summed E-state index contributed by atoms with van der Waals surface area (Å²) in [5.74, 6) is 1.68. The normalized spacial score (nSPS) is 15.3. The van der Waals surface area contributed by atoms with Crippen molar-refractivity contribution in [2.24, 2.45) is 11.7 Å². The Morgan fingerprint density at radius 3 is 2.87 bits per heavy atom. The molecule has 1 aromatic carbocycles. The van der Waals surface area contributed by atoms with E-state index in [1.165, 1.54) is 0 Å². The first-order valence-electron chi connectivity index (χ1n) is 5.03. The molecule has 4 nitrogen and oxygen atoms in total. The molecule has 0 bridgehead atoms. The van der Waals surface area contributed by atoms with Gasteiger partial charge in [-0.05, 0) is 36.6 Å². The van der Waals surface area contributed by atoms with E-state index in [9.17, 15) is 0 Å².